The van der Waals surface area contributed by atoms with Gasteiger partial charge in [-0.2, -0.15) is 0 Å². The smallest absolute Gasteiger partial charge is 0.326 e. The molecule has 1 saturated heterocycles. The third-order valence-corrected chi connectivity index (χ3v) is 9.71. The SMILES string of the molecule is CC[Si](CC)(CC)O[C@H]1C(=O)N(C(=O)N(C)C)[C@H]1c1ccccc1. The van der Waals surface area contributed by atoms with Crippen LogP contribution in [-0.2, 0) is 9.22 Å². The molecule has 1 fully saturated rings. The molecule has 0 aromatic heterocycles. The van der Waals surface area contributed by atoms with Crippen LogP contribution in [0.1, 0.15) is 32.4 Å². The second-order valence-electron chi connectivity index (χ2n) is 6.52. The van der Waals surface area contributed by atoms with Crippen molar-refractivity contribution in [2.24, 2.45) is 0 Å². The summed E-state index contributed by atoms with van der Waals surface area (Å²) in [6.45, 7) is 6.42. The number of hydrogen-bond acceptors (Lipinski definition) is 3. The average molecular weight is 349 g/mol. The molecule has 0 radical (unpaired) electrons. The first-order chi connectivity index (χ1) is 11.4. The molecule has 24 heavy (non-hydrogen) atoms. The summed E-state index contributed by atoms with van der Waals surface area (Å²) in [7, 11) is 1.39. The number of nitrogens with zero attached hydrogens (tertiary/aromatic N) is 2. The van der Waals surface area contributed by atoms with E-state index in [0.29, 0.717) is 0 Å². The summed E-state index contributed by atoms with van der Waals surface area (Å²) in [6.07, 6.45) is -0.539. The van der Waals surface area contributed by atoms with Gasteiger partial charge in [-0.05, 0) is 23.7 Å². The van der Waals surface area contributed by atoms with Crippen LogP contribution < -0.4 is 0 Å². The summed E-state index contributed by atoms with van der Waals surface area (Å²) in [6, 6.07) is 12.0. The highest BCUT2D eigenvalue weighted by Crippen LogP contribution is 2.40. The van der Waals surface area contributed by atoms with Gasteiger partial charge in [-0.3, -0.25) is 9.69 Å². The van der Waals surface area contributed by atoms with Crippen LogP contribution in [0.5, 0.6) is 0 Å². The van der Waals surface area contributed by atoms with E-state index in [0.717, 1.165) is 23.7 Å². The van der Waals surface area contributed by atoms with Gasteiger partial charge in [0.15, 0.2) is 14.4 Å². The maximum absolute atomic E-state index is 12.7. The van der Waals surface area contributed by atoms with E-state index in [1.54, 1.807) is 14.1 Å². The largest absolute Gasteiger partial charge is 0.403 e. The van der Waals surface area contributed by atoms with E-state index in [9.17, 15) is 9.59 Å². The maximum atomic E-state index is 12.7. The fourth-order valence-corrected chi connectivity index (χ4v) is 6.02. The van der Waals surface area contributed by atoms with Gasteiger partial charge < -0.3 is 9.33 Å². The minimum atomic E-state index is -1.93. The predicted molar refractivity (Wildman–Crippen MR) is 97.2 cm³/mol. The molecule has 0 N–H and O–H groups in total. The number of likely N-dealkylation sites (tertiary alicyclic amines) is 1. The Labute approximate surface area is 145 Å². The Morgan fingerprint density at radius 2 is 1.67 bits per heavy atom. The number of amides is 3. The number of hydrogen-bond donors (Lipinski definition) is 0. The molecule has 3 amide bonds. The van der Waals surface area contributed by atoms with Crippen LogP contribution in [0.3, 0.4) is 0 Å². The molecule has 5 nitrogen and oxygen atoms in total. The van der Waals surface area contributed by atoms with Gasteiger partial charge in [0.25, 0.3) is 5.91 Å². The van der Waals surface area contributed by atoms with Crippen molar-refractivity contribution in [2.75, 3.05) is 14.1 Å². The van der Waals surface area contributed by atoms with Gasteiger partial charge in [-0.1, -0.05) is 51.1 Å². The molecule has 0 bridgehead atoms. The van der Waals surface area contributed by atoms with Crippen molar-refractivity contribution in [3.63, 3.8) is 0 Å². The number of benzene rings is 1. The lowest BCUT2D eigenvalue weighted by atomic mass is 9.91. The van der Waals surface area contributed by atoms with Gasteiger partial charge in [-0.15, -0.1) is 0 Å². The number of urea groups is 1. The van der Waals surface area contributed by atoms with Crippen LogP contribution >= 0.6 is 0 Å². The zero-order chi connectivity index (χ0) is 17.9. The molecule has 1 heterocycles. The molecule has 0 spiro atoms. The van der Waals surface area contributed by atoms with E-state index in [4.69, 9.17) is 4.43 Å². The number of carbonyl (C=O) groups excluding carboxylic acids is 2. The molecule has 1 aromatic carbocycles. The zero-order valence-electron chi connectivity index (χ0n) is 15.3. The molecule has 132 valence electrons. The third kappa shape index (κ3) is 3.25. The zero-order valence-corrected chi connectivity index (χ0v) is 16.3. The van der Waals surface area contributed by atoms with Gasteiger partial charge in [0, 0.05) is 14.1 Å². The lowest BCUT2D eigenvalue weighted by Crippen LogP contribution is -2.66. The summed E-state index contributed by atoms with van der Waals surface area (Å²) in [4.78, 5) is 27.9. The molecule has 1 aliphatic heterocycles. The number of carbonyl (C=O) groups is 2. The van der Waals surface area contributed by atoms with E-state index >= 15 is 0 Å². The molecule has 6 heteroatoms. The van der Waals surface area contributed by atoms with Crippen LogP contribution in [0.25, 0.3) is 0 Å². The van der Waals surface area contributed by atoms with Gasteiger partial charge >= 0.3 is 6.03 Å². The molecule has 0 aliphatic carbocycles. The van der Waals surface area contributed by atoms with Crippen LogP contribution in [-0.4, -0.2) is 50.3 Å². The average Bonchev–Trinajstić information content (AvgIpc) is 2.61. The summed E-state index contributed by atoms with van der Waals surface area (Å²) in [5, 5.41) is 0. The molecule has 0 unspecified atom stereocenters. The number of imide groups is 1. The normalized spacial score (nSPS) is 20.7. The van der Waals surface area contributed by atoms with Crippen molar-refractivity contribution in [1.29, 1.82) is 0 Å². The standard InChI is InChI=1S/C18H28N2O3Si/c1-6-24(7-2,8-3)23-16-15(14-12-10-9-11-13-14)20(17(16)21)18(22)19(4)5/h9-13,15-16H,6-8H2,1-5H3/t15-,16+/m0/s1. The molecular weight excluding hydrogens is 320 g/mol. The monoisotopic (exact) mass is 348 g/mol. The molecule has 2 atom stereocenters. The lowest BCUT2D eigenvalue weighted by Gasteiger charge is -2.49. The maximum Gasteiger partial charge on any atom is 0.326 e. The summed E-state index contributed by atoms with van der Waals surface area (Å²) in [5.41, 5.74) is 0.948. The van der Waals surface area contributed by atoms with Crippen LogP contribution in [0.2, 0.25) is 18.1 Å². The Kier molecular flexibility index (Phi) is 5.82. The van der Waals surface area contributed by atoms with Gasteiger partial charge in [0.2, 0.25) is 0 Å². The fraction of sp³-hybridized carbons (Fsp3) is 0.556. The summed E-state index contributed by atoms with van der Waals surface area (Å²) >= 11 is 0. The first-order valence-electron chi connectivity index (χ1n) is 8.67. The van der Waals surface area contributed by atoms with E-state index in [2.05, 4.69) is 20.8 Å². The number of β-lactam (4-membered cyclic amide) rings is 1. The topological polar surface area (TPSA) is 49.9 Å². The van der Waals surface area contributed by atoms with Crippen LogP contribution in [0.15, 0.2) is 30.3 Å². The van der Waals surface area contributed by atoms with Crippen molar-refractivity contribution in [1.82, 2.24) is 9.80 Å². The Morgan fingerprint density at radius 3 is 2.12 bits per heavy atom. The highest BCUT2D eigenvalue weighted by atomic mass is 28.4. The molecule has 0 saturated carbocycles. The predicted octanol–water partition coefficient (Wildman–Crippen LogP) is 3.64. The van der Waals surface area contributed by atoms with Crippen LogP contribution in [0, 0.1) is 0 Å². The quantitative estimate of drug-likeness (QED) is 0.582. The Morgan fingerprint density at radius 1 is 1.12 bits per heavy atom. The minimum Gasteiger partial charge on any atom is -0.403 e. The van der Waals surface area contributed by atoms with Crippen molar-refractivity contribution < 1.29 is 14.0 Å². The van der Waals surface area contributed by atoms with Crippen LogP contribution in [0.4, 0.5) is 4.79 Å². The van der Waals surface area contributed by atoms with Crippen molar-refractivity contribution >= 4 is 20.3 Å². The highest BCUT2D eigenvalue weighted by Gasteiger charge is 2.55. The van der Waals surface area contributed by atoms with E-state index in [-0.39, 0.29) is 18.0 Å². The summed E-state index contributed by atoms with van der Waals surface area (Å²) < 4.78 is 6.44. The number of rotatable bonds is 6. The van der Waals surface area contributed by atoms with Crippen molar-refractivity contribution in [3.8, 4) is 0 Å². The molecule has 1 aliphatic rings. The second-order valence-corrected chi connectivity index (χ2v) is 11.2. The highest BCUT2D eigenvalue weighted by molar-refractivity contribution is 6.73. The van der Waals surface area contributed by atoms with E-state index < -0.39 is 14.4 Å². The van der Waals surface area contributed by atoms with Gasteiger partial charge in [0.05, 0.1) is 0 Å². The van der Waals surface area contributed by atoms with Crippen molar-refractivity contribution in [2.45, 2.75) is 51.0 Å². The van der Waals surface area contributed by atoms with Crippen molar-refractivity contribution in [3.05, 3.63) is 35.9 Å². The molecule has 1 aromatic rings. The first-order valence-corrected chi connectivity index (χ1v) is 11.2. The summed E-state index contributed by atoms with van der Waals surface area (Å²) in [5.74, 6) is -0.213. The Bertz CT molecular complexity index is 579. The van der Waals surface area contributed by atoms with E-state index in [1.165, 1.54) is 9.80 Å². The van der Waals surface area contributed by atoms with Gasteiger partial charge in [0.1, 0.15) is 6.04 Å². The second kappa shape index (κ2) is 7.48. The Hall–Kier alpha value is -1.66. The molecule has 2 rings (SSSR count). The third-order valence-electron chi connectivity index (χ3n) is 5.09. The molecular formula is C18H28N2O3Si. The lowest BCUT2D eigenvalue weighted by molar-refractivity contribution is -0.159. The van der Waals surface area contributed by atoms with E-state index in [1.807, 2.05) is 30.3 Å². The fourth-order valence-electron chi connectivity index (χ4n) is 3.25. The van der Waals surface area contributed by atoms with Gasteiger partial charge in [-0.25, -0.2) is 4.79 Å². The first kappa shape index (κ1) is 18.7. The minimum absolute atomic E-state index is 0.213. The Balaban J connectivity index is 2.33.